The van der Waals surface area contributed by atoms with Crippen LogP contribution in [0.25, 0.3) is 0 Å². The van der Waals surface area contributed by atoms with Gasteiger partial charge in [-0.25, -0.2) is 0 Å². The van der Waals surface area contributed by atoms with Crippen molar-refractivity contribution in [1.82, 2.24) is 0 Å². The van der Waals surface area contributed by atoms with E-state index >= 15 is 0 Å². The first kappa shape index (κ1) is 14.3. The monoisotopic (exact) mass is 212 g/mol. The van der Waals surface area contributed by atoms with E-state index < -0.39 is 0 Å². The van der Waals surface area contributed by atoms with Gasteiger partial charge in [0, 0.05) is 0 Å². The van der Waals surface area contributed by atoms with E-state index in [1.54, 1.807) is 0 Å². The number of hydrogen-bond donors (Lipinski definition) is 0. The summed E-state index contributed by atoms with van der Waals surface area (Å²) in [4.78, 5) is 21.5. The van der Waals surface area contributed by atoms with Crippen molar-refractivity contribution >= 4 is 12.1 Å². The second-order valence-corrected chi connectivity index (χ2v) is 4.26. The molecular weight excluding hydrogens is 188 g/mol. The minimum Gasteiger partial charge on any atom is -0.303 e. The molecule has 0 saturated heterocycles. The van der Waals surface area contributed by atoms with Crippen molar-refractivity contribution in [3.05, 3.63) is 0 Å². The van der Waals surface area contributed by atoms with Gasteiger partial charge >= 0.3 is 0 Å². The maximum Gasteiger partial charge on any atom is 0.139 e. The standard InChI is InChI=1S/C13H24O2/c1-3-4-5-6-7-8-9-10-13(11-14)12(2)15/h11,13H,3-10H2,1-2H3. The fourth-order valence-corrected chi connectivity index (χ4v) is 1.69. The molecule has 0 amide bonds. The highest BCUT2D eigenvalue weighted by molar-refractivity contribution is 5.91. The number of Topliss-reactive ketones (excluding diaryl/α,β-unsaturated/α-hetero) is 1. The Morgan fingerprint density at radius 1 is 1.07 bits per heavy atom. The Bertz CT molecular complexity index is 175. The van der Waals surface area contributed by atoms with Gasteiger partial charge in [-0.3, -0.25) is 4.79 Å². The van der Waals surface area contributed by atoms with E-state index in [0.717, 1.165) is 25.5 Å². The molecule has 0 N–H and O–H groups in total. The van der Waals surface area contributed by atoms with Crippen LogP contribution in [0.1, 0.15) is 65.2 Å². The summed E-state index contributed by atoms with van der Waals surface area (Å²) in [6.45, 7) is 3.71. The zero-order chi connectivity index (χ0) is 11.5. The number of unbranched alkanes of at least 4 members (excludes halogenated alkanes) is 6. The van der Waals surface area contributed by atoms with Crippen molar-refractivity contribution in [3.63, 3.8) is 0 Å². The molecule has 0 aromatic rings. The Labute approximate surface area is 93.4 Å². The van der Waals surface area contributed by atoms with Gasteiger partial charge in [0.25, 0.3) is 0 Å². The van der Waals surface area contributed by atoms with Gasteiger partial charge in [0.05, 0.1) is 5.92 Å². The molecule has 1 atom stereocenters. The Morgan fingerprint density at radius 2 is 1.60 bits per heavy atom. The van der Waals surface area contributed by atoms with Crippen LogP contribution in [-0.2, 0) is 9.59 Å². The van der Waals surface area contributed by atoms with Gasteiger partial charge in [0.1, 0.15) is 12.1 Å². The quantitative estimate of drug-likeness (QED) is 0.315. The third-order valence-corrected chi connectivity index (χ3v) is 2.81. The molecular formula is C13H24O2. The van der Waals surface area contributed by atoms with Crippen molar-refractivity contribution in [2.75, 3.05) is 0 Å². The summed E-state index contributed by atoms with van der Waals surface area (Å²) in [5, 5.41) is 0. The summed E-state index contributed by atoms with van der Waals surface area (Å²) in [5.41, 5.74) is 0. The van der Waals surface area contributed by atoms with Crippen LogP contribution in [0.5, 0.6) is 0 Å². The van der Waals surface area contributed by atoms with E-state index in [1.807, 2.05) is 0 Å². The highest BCUT2D eigenvalue weighted by Crippen LogP contribution is 2.12. The predicted molar refractivity (Wildman–Crippen MR) is 62.8 cm³/mol. The predicted octanol–water partition coefficient (Wildman–Crippen LogP) is 3.53. The molecule has 0 saturated carbocycles. The Kier molecular flexibility index (Phi) is 9.44. The minimum atomic E-state index is -0.347. The molecule has 2 nitrogen and oxygen atoms in total. The summed E-state index contributed by atoms with van der Waals surface area (Å²) in [6.07, 6.45) is 10.1. The van der Waals surface area contributed by atoms with E-state index in [9.17, 15) is 9.59 Å². The first-order chi connectivity index (χ1) is 7.22. The molecule has 0 rings (SSSR count). The Morgan fingerprint density at radius 3 is 2.07 bits per heavy atom. The molecule has 0 aromatic carbocycles. The van der Waals surface area contributed by atoms with Crippen LogP contribution in [0.4, 0.5) is 0 Å². The normalized spacial score (nSPS) is 12.4. The molecule has 0 aromatic heterocycles. The number of carbonyl (C=O) groups excluding carboxylic acids is 2. The third kappa shape index (κ3) is 8.34. The maximum absolute atomic E-state index is 10.9. The molecule has 0 aliphatic carbocycles. The van der Waals surface area contributed by atoms with E-state index in [1.165, 1.54) is 39.0 Å². The first-order valence-corrected chi connectivity index (χ1v) is 6.18. The van der Waals surface area contributed by atoms with E-state index in [4.69, 9.17) is 0 Å². The largest absolute Gasteiger partial charge is 0.303 e. The molecule has 88 valence electrons. The second kappa shape index (κ2) is 9.88. The highest BCUT2D eigenvalue weighted by atomic mass is 16.1. The molecule has 0 spiro atoms. The summed E-state index contributed by atoms with van der Waals surface area (Å²) in [6, 6.07) is 0. The fourth-order valence-electron chi connectivity index (χ4n) is 1.69. The van der Waals surface area contributed by atoms with Crippen molar-refractivity contribution in [2.45, 2.75) is 65.2 Å². The van der Waals surface area contributed by atoms with Gasteiger partial charge in [0.15, 0.2) is 0 Å². The number of rotatable bonds is 10. The lowest BCUT2D eigenvalue weighted by Gasteiger charge is -2.05. The number of carbonyl (C=O) groups is 2. The van der Waals surface area contributed by atoms with Crippen molar-refractivity contribution in [3.8, 4) is 0 Å². The zero-order valence-electron chi connectivity index (χ0n) is 10.1. The van der Waals surface area contributed by atoms with Crippen molar-refractivity contribution in [2.24, 2.45) is 5.92 Å². The maximum atomic E-state index is 10.9. The number of hydrogen-bond acceptors (Lipinski definition) is 2. The number of aldehydes is 1. The topological polar surface area (TPSA) is 34.1 Å². The molecule has 0 radical (unpaired) electrons. The van der Waals surface area contributed by atoms with Crippen LogP contribution in [0, 0.1) is 5.92 Å². The molecule has 0 aliphatic rings. The molecule has 0 aliphatic heterocycles. The Hall–Kier alpha value is -0.660. The molecule has 1 unspecified atom stereocenters. The zero-order valence-corrected chi connectivity index (χ0v) is 10.1. The summed E-state index contributed by atoms with van der Waals surface area (Å²) < 4.78 is 0. The van der Waals surface area contributed by atoms with Crippen LogP contribution in [0.3, 0.4) is 0 Å². The van der Waals surface area contributed by atoms with Crippen LogP contribution in [-0.4, -0.2) is 12.1 Å². The molecule has 2 heteroatoms. The van der Waals surface area contributed by atoms with Gasteiger partial charge in [0.2, 0.25) is 0 Å². The first-order valence-electron chi connectivity index (χ1n) is 6.18. The van der Waals surface area contributed by atoms with Crippen LogP contribution in [0.15, 0.2) is 0 Å². The second-order valence-electron chi connectivity index (χ2n) is 4.26. The molecule has 0 fully saturated rings. The van der Waals surface area contributed by atoms with Gasteiger partial charge in [-0.15, -0.1) is 0 Å². The van der Waals surface area contributed by atoms with Crippen LogP contribution in [0.2, 0.25) is 0 Å². The smallest absolute Gasteiger partial charge is 0.139 e. The number of ketones is 1. The van der Waals surface area contributed by atoms with E-state index in [2.05, 4.69) is 6.92 Å². The molecule has 15 heavy (non-hydrogen) atoms. The van der Waals surface area contributed by atoms with Crippen molar-refractivity contribution in [1.29, 1.82) is 0 Å². The SMILES string of the molecule is CCCCCCCCCC(C=O)C(C)=O. The summed E-state index contributed by atoms with van der Waals surface area (Å²) in [7, 11) is 0. The third-order valence-electron chi connectivity index (χ3n) is 2.81. The van der Waals surface area contributed by atoms with Gasteiger partial charge in [-0.05, 0) is 13.3 Å². The Balaban J connectivity index is 3.29. The van der Waals surface area contributed by atoms with Gasteiger partial charge < -0.3 is 4.79 Å². The van der Waals surface area contributed by atoms with Crippen LogP contribution < -0.4 is 0 Å². The van der Waals surface area contributed by atoms with Gasteiger partial charge in [-0.1, -0.05) is 51.9 Å². The average Bonchev–Trinajstić information content (AvgIpc) is 2.21. The highest BCUT2D eigenvalue weighted by Gasteiger charge is 2.11. The molecule has 0 heterocycles. The van der Waals surface area contributed by atoms with Gasteiger partial charge in [-0.2, -0.15) is 0 Å². The lowest BCUT2D eigenvalue weighted by Crippen LogP contribution is -2.11. The van der Waals surface area contributed by atoms with Crippen LogP contribution >= 0.6 is 0 Å². The van der Waals surface area contributed by atoms with E-state index in [0.29, 0.717) is 0 Å². The minimum absolute atomic E-state index is 0.0102. The lowest BCUT2D eigenvalue weighted by molar-refractivity contribution is -0.125. The summed E-state index contributed by atoms with van der Waals surface area (Å²) >= 11 is 0. The molecule has 0 bridgehead atoms. The van der Waals surface area contributed by atoms with Crippen molar-refractivity contribution < 1.29 is 9.59 Å². The van der Waals surface area contributed by atoms with E-state index in [-0.39, 0.29) is 11.7 Å². The lowest BCUT2D eigenvalue weighted by atomic mass is 9.98. The average molecular weight is 212 g/mol. The fraction of sp³-hybridized carbons (Fsp3) is 0.846. The summed E-state index contributed by atoms with van der Waals surface area (Å²) in [5.74, 6) is -0.336.